The van der Waals surface area contributed by atoms with Crippen molar-refractivity contribution in [2.24, 2.45) is 0 Å². The predicted molar refractivity (Wildman–Crippen MR) is 65.4 cm³/mol. The number of nitrogens with zero attached hydrogens (tertiary/aromatic N) is 2. The largest absolute Gasteiger partial charge is 0.301 e. The molecule has 6 nitrogen and oxygen atoms in total. The van der Waals surface area contributed by atoms with Gasteiger partial charge in [-0.15, -0.1) is 0 Å². The van der Waals surface area contributed by atoms with E-state index in [1.54, 1.807) is 18.2 Å². The van der Waals surface area contributed by atoms with Crippen LogP contribution in [0.2, 0.25) is 0 Å². The monoisotopic (exact) mass is 264 g/mol. The van der Waals surface area contributed by atoms with Crippen LogP contribution >= 0.6 is 0 Å². The zero-order valence-electron chi connectivity index (χ0n) is 9.02. The number of rotatable bonds is 3. The molecular weight excluding hydrogens is 256 g/mol. The third kappa shape index (κ3) is 2.58. The Bertz CT molecular complexity index is 613. The van der Waals surface area contributed by atoms with Gasteiger partial charge in [-0.05, 0) is 35.4 Å². The van der Waals surface area contributed by atoms with Gasteiger partial charge in [-0.1, -0.05) is 0 Å². The Morgan fingerprint density at radius 1 is 1.17 bits per heavy atom. The highest BCUT2D eigenvalue weighted by Gasteiger charge is 2.07. The Balaban J connectivity index is 2.39. The first-order valence-corrected chi connectivity index (χ1v) is 6.00. The molecule has 0 bridgehead atoms. The van der Waals surface area contributed by atoms with Crippen molar-refractivity contribution in [1.29, 1.82) is 0 Å². The van der Waals surface area contributed by atoms with Crippen LogP contribution in [0.1, 0.15) is 0 Å². The lowest BCUT2D eigenvalue weighted by Gasteiger charge is -2.02. The zero-order valence-corrected chi connectivity index (χ0v) is 9.83. The number of nitro groups is 1. The molecule has 18 heavy (non-hydrogen) atoms. The first kappa shape index (κ1) is 12.3. The number of hydrogen-bond donors (Lipinski definition) is 1. The minimum Gasteiger partial charge on any atom is -0.301 e. The van der Waals surface area contributed by atoms with E-state index >= 15 is 0 Å². The van der Waals surface area contributed by atoms with Gasteiger partial charge >= 0.3 is 0 Å². The minimum atomic E-state index is -2.14. The summed E-state index contributed by atoms with van der Waals surface area (Å²) in [7, 11) is 0. The van der Waals surface area contributed by atoms with Gasteiger partial charge in [0.05, 0.1) is 4.92 Å². The highest BCUT2D eigenvalue weighted by Crippen LogP contribution is 2.23. The molecule has 0 fully saturated rings. The van der Waals surface area contributed by atoms with Crippen LogP contribution in [0.4, 0.5) is 5.69 Å². The second kappa shape index (κ2) is 5.03. The summed E-state index contributed by atoms with van der Waals surface area (Å²) < 4.78 is 19.8. The van der Waals surface area contributed by atoms with Crippen LogP contribution in [0.5, 0.6) is 0 Å². The van der Waals surface area contributed by atoms with Crippen LogP contribution in [0.25, 0.3) is 11.1 Å². The smallest absolute Gasteiger partial charge is 0.269 e. The van der Waals surface area contributed by atoms with Crippen LogP contribution in [0, 0.1) is 10.1 Å². The molecule has 0 spiro atoms. The van der Waals surface area contributed by atoms with Crippen LogP contribution in [0.3, 0.4) is 0 Å². The molecule has 0 saturated carbocycles. The molecule has 92 valence electrons. The Morgan fingerprint density at radius 3 is 2.39 bits per heavy atom. The van der Waals surface area contributed by atoms with Crippen molar-refractivity contribution >= 4 is 16.8 Å². The molecule has 1 heterocycles. The topological polar surface area (TPSA) is 93.3 Å². The van der Waals surface area contributed by atoms with Crippen molar-refractivity contribution in [3.63, 3.8) is 0 Å². The maximum Gasteiger partial charge on any atom is 0.269 e. The lowest BCUT2D eigenvalue weighted by molar-refractivity contribution is -0.384. The minimum absolute atomic E-state index is 0.00114. The van der Waals surface area contributed by atoms with Crippen molar-refractivity contribution in [1.82, 2.24) is 4.98 Å². The predicted octanol–water partition coefficient (Wildman–Crippen LogP) is 2.24. The maximum absolute atomic E-state index is 10.9. The van der Waals surface area contributed by atoms with E-state index < -0.39 is 16.0 Å². The summed E-state index contributed by atoms with van der Waals surface area (Å²) in [5, 5.41) is 10.6. The number of benzene rings is 1. The molecule has 0 saturated heterocycles. The molecule has 0 radical (unpaired) electrons. The fraction of sp³-hybridized carbons (Fsp3) is 0. The van der Waals surface area contributed by atoms with Crippen LogP contribution in [0.15, 0.2) is 47.6 Å². The number of aromatic nitrogens is 1. The van der Waals surface area contributed by atoms with Crippen molar-refractivity contribution in [2.75, 3.05) is 0 Å². The molecule has 0 aliphatic carbocycles. The number of pyridine rings is 1. The van der Waals surface area contributed by atoms with Crippen LogP contribution in [-0.2, 0) is 11.1 Å². The Kier molecular flexibility index (Phi) is 3.45. The molecule has 1 atom stereocenters. The fourth-order valence-electron chi connectivity index (χ4n) is 1.46. The normalized spacial score (nSPS) is 12.1. The molecule has 0 aliphatic rings. The van der Waals surface area contributed by atoms with E-state index in [-0.39, 0.29) is 10.7 Å². The summed E-state index contributed by atoms with van der Waals surface area (Å²) >= 11 is -2.14. The average Bonchev–Trinajstić information content (AvgIpc) is 2.39. The van der Waals surface area contributed by atoms with Crippen molar-refractivity contribution in [3.8, 4) is 11.1 Å². The van der Waals surface area contributed by atoms with Gasteiger partial charge in [0.25, 0.3) is 5.69 Å². The molecular formula is C11H8N2O4S. The summed E-state index contributed by atoms with van der Waals surface area (Å²) in [4.78, 5) is 13.8. The standard InChI is InChI=1S/C11H8N2O4S/c14-13(15)10-3-1-8(2-4-10)9-5-6-12-11(7-9)18(16)17/h1-7H,(H,16,17). The van der Waals surface area contributed by atoms with E-state index in [9.17, 15) is 14.3 Å². The van der Waals surface area contributed by atoms with Crippen molar-refractivity contribution in [2.45, 2.75) is 5.03 Å². The van der Waals surface area contributed by atoms with Gasteiger partial charge in [-0.3, -0.25) is 10.1 Å². The second-order valence-corrected chi connectivity index (χ2v) is 4.35. The number of non-ortho nitro benzene ring substituents is 1. The molecule has 2 aromatic rings. The molecule has 1 unspecified atom stereocenters. The summed E-state index contributed by atoms with van der Waals surface area (Å²) in [6.45, 7) is 0. The first-order chi connectivity index (χ1) is 8.58. The van der Waals surface area contributed by atoms with E-state index in [1.807, 2.05) is 0 Å². The zero-order chi connectivity index (χ0) is 13.1. The van der Waals surface area contributed by atoms with Gasteiger partial charge in [-0.2, -0.15) is 0 Å². The number of nitro benzene ring substituents is 1. The van der Waals surface area contributed by atoms with Crippen molar-refractivity contribution < 1.29 is 13.7 Å². The summed E-state index contributed by atoms with van der Waals surface area (Å²) in [6, 6.07) is 9.06. The summed E-state index contributed by atoms with van der Waals surface area (Å²) in [5.41, 5.74) is 1.39. The Morgan fingerprint density at radius 2 is 1.83 bits per heavy atom. The maximum atomic E-state index is 10.9. The van der Waals surface area contributed by atoms with E-state index in [2.05, 4.69) is 4.98 Å². The lowest BCUT2D eigenvalue weighted by atomic mass is 10.1. The fourth-order valence-corrected chi connectivity index (χ4v) is 1.84. The number of hydrogen-bond acceptors (Lipinski definition) is 4. The van der Waals surface area contributed by atoms with Gasteiger partial charge in [0.1, 0.15) is 0 Å². The molecule has 7 heteroatoms. The molecule has 0 amide bonds. The van der Waals surface area contributed by atoms with E-state index in [0.29, 0.717) is 5.56 Å². The molecule has 1 aromatic carbocycles. The molecule has 2 rings (SSSR count). The second-order valence-electron chi connectivity index (χ2n) is 3.44. The summed E-state index contributed by atoms with van der Waals surface area (Å²) in [6.07, 6.45) is 1.42. The average molecular weight is 264 g/mol. The Labute approximate surface area is 105 Å². The van der Waals surface area contributed by atoms with E-state index in [1.165, 1.54) is 24.4 Å². The molecule has 0 aliphatic heterocycles. The van der Waals surface area contributed by atoms with Crippen LogP contribution < -0.4 is 0 Å². The first-order valence-electron chi connectivity index (χ1n) is 4.89. The molecule has 1 N–H and O–H groups in total. The third-order valence-corrected chi connectivity index (χ3v) is 2.91. The van der Waals surface area contributed by atoms with Gasteiger partial charge in [0.2, 0.25) is 11.1 Å². The lowest BCUT2D eigenvalue weighted by Crippen LogP contribution is -1.93. The van der Waals surface area contributed by atoms with Crippen LogP contribution in [-0.4, -0.2) is 18.7 Å². The van der Waals surface area contributed by atoms with Gasteiger partial charge in [-0.25, -0.2) is 9.19 Å². The van der Waals surface area contributed by atoms with E-state index in [4.69, 9.17) is 4.55 Å². The van der Waals surface area contributed by atoms with Gasteiger partial charge in [0.15, 0.2) is 5.03 Å². The molecule has 1 aromatic heterocycles. The Hall–Kier alpha value is -2.12. The van der Waals surface area contributed by atoms with Gasteiger partial charge < -0.3 is 4.55 Å². The van der Waals surface area contributed by atoms with E-state index in [0.717, 1.165) is 5.56 Å². The van der Waals surface area contributed by atoms with Gasteiger partial charge in [0, 0.05) is 18.3 Å². The highest BCUT2D eigenvalue weighted by atomic mass is 32.2. The van der Waals surface area contributed by atoms with Crippen molar-refractivity contribution in [3.05, 3.63) is 52.7 Å². The summed E-state index contributed by atoms with van der Waals surface area (Å²) in [5.74, 6) is 0. The quantitative estimate of drug-likeness (QED) is 0.521. The SMILES string of the molecule is O=[N+]([O-])c1ccc(-c2ccnc(S(=O)O)c2)cc1. The highest BCUT2D eigenvalue weighted by molar-refractivity contribution is 7.79. The third-order valence-electron chi connectivity index (χ3n) is 2.33.